The fraction of sp³-hybridized carbons (Fsp3) is 0.345. The molecule has 5 rings (SSSR count). The Labute approximate surface area is 237 Å². The zero-order chi connectivity index (χ0) is 30.4. The molecule has 0 saturated heterocycles. The maximum Gasteiger partial charge on any atom is 0.424 e. The molecule has 1 aliphatic carbocycles. The van der Waals surface area contributed by atoms with Gasteiger partial charge in [0.2, 0.25) is 11.5 Å². The van der Waals surface area contributed by atoms with Crippen LogP contribution in [0.5, 0.6) is 17.2 Å². The first kappa shape index (κ1) is 29.1. The number of hydrogen-bond acceptors (Lipinski definition) is 7. The molecule has 42 heavy (non-hydrogen) atoms. The molecule has 1 aliphatic heterocycles. The van der Waals surface area contributed by atoms with Crippen molar-refractivity contribution in [1.82, 2.24) is 10.3 Å². The number of pyridine rings is 1. The number of nitrogens with two attached hydrogens (primary N) is 1. The molecule has 2 amide bonds. The molecule has 2 aromatic carbocycles. The predicted molar refractivity (Wildman–Crippen MR) is 140 cm³/mol. The van der Waals surface area contributed by atoms with Crippen LogP contribution < -0.4 is 20.5 Å². The molecule has 3 aromatic rings. The minimum atomic E-state index is -5.34. The molecule has 0 radical (unpaired) electrons. The number of aromatic hydroxyl groups is 1. The van der Waals surface area contributed by atoms with Crippen LogP contribution in [0.25, 0.3) is 11.3 Å². The van der Waals surface area contributed by atoms with Crippen molar-refractivity contribution in [3.05, 3.63) is 71.2 Å². The average Bonchev–Trinajstić information content (AvgIpc) is 3.68. The van der Waals surface area contributed by atoms with Gasteiger partial charge in [-0.3, -0.25) is 9.59 Å². The van der Waals surface area contributed by atoms with E-state index in [0.29, 0.717) is 0 Å². The summed E-state index contributed by atoms with van der Waals surface area (Å²) in [5.41, 5.74) is -0.226. The van der Waals surface area contributed by atoms with Gasteiger partial charge in [-0.05, 0) is 61.4 Å². The maximum absolute atomic E-state index is 14.6. The van der Waals surface area contributed by atoms with E-state index in [1.807, 2.05) is 0 Å². The van der Waals surface area contributed by atoms with Gasteiger partial charge in [0.1, 0.15) is 17.3 Å². The van der Waals surface area contributed by atoms with Crippen LogP contribution in [-0.4, -0.2) is 52.4 Å². The SMILES string of the molecule is C[C@]1(CC(N)=O)COc2c1cc([C@@](O)(CNC(=O)c1ccc(O)c(OC3CC3)c1)C(F)(F)F)nc2-c1ccc(F)cc1. The third kappa shape index (κ3) is 5.56. The Morgan fingerprint density at radius 2 is 1.86 bits per heavy atom. The fourth-order valence-corrected chi connectivity index (χ4v) is 4.74. The number of phenolic OH excluding ortho intramolecular Hbond substituents is 1. The zero-order valence-electron chi connectivity index (χ0n) is 22.3. The second kappa shape index (κ2) is 10.5. The highest BCUT2D eigenvalue weighted by molar-refractivity contribution is 5.95. The average molecular weight is 590 g/mol. The molecule has 1 aromatic heterocycles. The first-order chi connectivity index (χ1) is 19.7. The highest BCUT2D eigenvalue weighted by atomic mass is 19.4. The smallest absolute Gasteiger partial charge is 0.424 e. The molecule has 13 heteroatoms. The molecule has 1 saturated carbocycles. The van der Waals surface area contributed by atoms with Crippen molar-refractivity contribution in [3.8, 4) is 28.5 Å². The number of benzene rings is 2. The van der Waals surface area contributed by atoms with Crippen molar-refractivity contribution < 1.29 is 46.8 Å². The summed E-state index contributed by atoms with van der Waals surface area (Å²) in [5.74, 6) is -2.46. The third-order valence-corrected chi connectivity index (χ3v) is 7.28. The Kier molecular flexibility index (Phi) is 7.25. The van der Waals surface area contributed by atoms with E-state index >= 15 is 0 Å². The number of carbonyl (C=O) groups excluding carboxylic acids is 2. The van der Waals surface area contributed by atoms with E-state index in [2.05, 4.69) is 10.3 Å². The van der Waals surface area contributed by atoms with Gasteiger partial charge in [0, 0.05) is 28.5 Å². The van der Waals surface area contributed by atoms with Crippen LogP contribution in [0.15, 0.2) is 48.5 Å². The maximum atomic E-state index is 14.6. The molecule has 5 N–H and O–H groups in total. The minimum absolute atomic E-state index is 0.00852. The van der Waals surface area contributed by atoms with Gasteiger partial charge in [-0.2, -0.15) is 13.2 Å². The van der Waals surface area contributed by atoms with Crippen LogP contribution >= 0.6 is 0 Å². The molecule has 222 valence electrons. The molecule has 0 bridgehead atoms. The molecule has 2 atom stereocenters. The number of amides is 2. The Balaban J connectivity index is 1.54. The van der Waals surface area contributed by atoms with Crippen LogP contribution in [0.4, 0.5) is 17.6 Å². The summed E-state index contributed by atoms with van der Waals surface area (Å²) < 4.78 is 68.7. The highest BCUT2D eigenvalue weighted by Gasteiger charge is 2.57. The Hall–Kier alpha value is -4.39. The van der Waals surface area contributed by atoms with Gasteiger partial charge in [0.15, 0.2) is 11.5 Å². The highest BCUT2D eigenvalue weighted by Crippen LogP contribution is 2.48. The second-order valence-electron chi connectivity index (χ2n) is 10.8. The normalized spacial score (nSPS) is 19.4. The van der Waals surface area contributed by atoms with E-state index in [4.69, 9.17) is 15.2 Å². The number of nitrogens with zero attached hydrogens (tertiary/aromatic N) is 1. The van der Waals surface area contributed by atoms with E-state index in [9.17, 15) is 37.4 Å². The number of primary amides is 1. The molecule has 9 nitrogen and oxygen atoms in total. The summed E-state index contributed by atoms with van der Waals surface area (Å²) in [5, 5.41) is 23.3. The summed E-state index contributed by atoms with van der Waals surface area (Å²) in [6.45, 7) is 0.122. The number of ether oxygens (including phenoxy) is 2. The molecule has 1 fully saturated rings. The number of halogens is 4. The summed E-state index contributed by atoms with van der Waals surface area (Å²) in [4.78, 5) is 28.8. The number of carbonyl (C=O) groups is 2. The van der Waals surface area contributed by atoms with Crippen molar-refractivity contribution in [3.63, 3.8) is 0 Å². The first-order valence-electron chi connectivity index (χ1n) is 13.0. The van der Waals surface area contributed by atoms with Gasteiger partial charge in [-0.25, -0.2) is 9.37 Å². The number of aromatic nitrogens is 1. The van der Waals surface area contributed by atoms with Crippen LogP contribution in [0.2, 0.25) is 0 Å². The Morgan fingerprint density at radius 3 is 2.48 bits per heavy atom. The van der Waals surface area contributed by atoms with Crippen LogP contribution in [0.1, 0.15) is 47.8 Å². The minimum Gasteiger partial charge on any atom is -0.504 e. The lowest BCUT2D eigenvalue weighted by molar-refractivity contribution is -0.265. The van der Waals surface area contributed by atoms with Crippen LogP contribution in [0.3, 0.4) is 0 Å². The molecular weight excluding hydrogens is 562 g/mol. The number of hydrogen-bond donors (Lipinski definition) is 4. The van der Waals surface area contributed by atoms with Gasteiger partial charge in [0.05, 0.1) is 24.9 Å². The number of alkyl halides is 3. The topological polar surface area (TPSA) is 144 Å². The predicted octanol–water partition coefficient (Wildman–Crippen LogP) is 3.84. The van der Waals surface area contributed by atoms with E-state index in [1.54, 1.807) is 6.92 Å². The number of fused-ring (bicyclic) bond motifs is 1. The van der Waals surface area contributed by atoms with E-state index in [-0.39, 0.29) is 58.8 Å². The number of phenols is 1. The van der Waals surface area contributed by atoms with Gasteiger partial charge < -0.3 is 30.7 Å². The number of aliphatic hydroxyl groups is 1. The largest absolute Gasteiger partial charge is 0.504 e. The zero-order valence-corrected chi connectivity index (χ0v) is 22.3. The standard InChI is InChI=1S/C29H27F4N3O6/c1-27(12-23(34)38)14-41-25-19(27)11-22(36-24(25)15-2-5-17(30)6-3-15)28(40,29(31,32)33)13-35-26(39)16-4-9-20(37)21(10-16)42-18-7-8-18/h2-6,9-11,18,37,40H,7-8,12-14H2,1H3,(H2,34,38)(H,35,39)/t27-,28-/m0/s1. The lowest BCUT2D eigenvalue weighted by atomic mass is 9.79. The van der Waals surface area contributed by atoms with Crippen molar-refractivity contribution in [2.75, 3.05) is 13.2 Å². The van der Waals surface area contributed by atoms with Gasteiger partial charge >= 0.3 is 6.18 Å². The fourth-order valence-electron chi connectivity index (χ4n) is 4.74. The van der Waals surface area contributed by atoms with Crippen LogP contribution in [-0.2, 0) is 15.8 Å². The van der Waals surface area contributed by atoms with Gasteiger partial charge in [0.25, 0.3) is 5.91 Å². The summed E-state index contributed by atoms with van der Waals surface area (Å²) in [6, 6.07) is 9.31. The molecule has 2 aliphatic rings. The summed E-state index contributed by atoms with van der Waals surface area (Å²) >= 11 is 0. The Bertz CT molecular complexity index is 1540. The van der Waals surface area contributed by atoms with E-state index < -0.39 is 47.1 Å². The molecular formula is C29H27F4N3O6. The number of rotatable bonds is 9. The van der Waals surface area contributed by atoms with Crippen molar-refractivity contribution in [1.29, 1.82) is 0 Å². The lowest BCUT2D eigenvalue weighted by Gasteiger charge is -2.31. The number of nitrogens with one attached hydrogen (secondary N) is 1. The lowest BCUT2D eigenvalue weighted by Crippen LogP contribution is -2.51. The molecule has 0 unspecified atom stereocenters. The van der Waals surface area contributed by atoms with Crippen molar-refractivity contribution in [2.24, 2.45) is 5.73 Å². The molecule has 0 spiro atoms. The van der Waals surface area contributed by atoms with Crippen LogP contribution in [0, 0.1) is 5.82 Å². The van der Waals surface area contributed by atoms with Crippen molar-refractivity contribution >= 4 is 11.8 Å². The summed E-state index contributed by atoms with van der Waals surface area (Å²) in [7, 11) is 0. The van der Waals surface area contributed by atoms with E-state index in [0.717, 1.165) is 31.0 Å². The third-order valence-electron chi connectivity index (χ3n) is 7.28. The van der Waals surface area contributed by atoms with Gasteiger partial charge in [-0.15, -0.1) is 0 Å². The Morgan fingerprint density at radius 1 is 1.17 bits per heavy atom. The van der Waals surface area contributed by atoms with E-state index in [1.165, 1.54) is 30.3 Å². The quantitative estimate of drug-likeness (QED) is 0.278. The first-order valence-corrected chi connectivity index (χ1v) is 13.0. The van der Waals surface area contributed by atoms with Crippen molar-refractivity contribution in [2.45, 2.75) is 49.5 Å². The summed E-state index contributed by atoms with van der Waals surface area (Å²) in [6.07, 6.45) is -4.19. The monoisotopic (exact) mass is 589 g/mol. The molecule has 2 heterocycles. The van der Waals surface area contributed by atoms with Gasteiger partial charge in [-0.1, -0.05) is 6.92 Å². The second-order valence-corrected chi connectivity index (χ2v) is 10.8.